The van der Waals surface area contributed by atoms with Crippen LogP contribution in [0.1, 0.15) is 29.8 Å². The van der Waals surface area contributed by atoms with Crippen LogP contribution in [0, 0.1) is 0 Å². The summed E-state index contributed by atoms with van der Waals surface area (Å²) >= 11 is 24.0. The van der Waals surface area contributed by atoms with Gasteiger partial charge in [-0.25, -0.2) is 9.59 Å². The maximum absolute atomic E-state index is 12.7. The Balaban J connectivity index is 2.66. The molecule has 0 aliphatic rings. The minimum atomic E-state index is -0.962. The molecular formula is C20H14Cl4O5. The molecule has 0 aliphatic carbocycles. The van der Waals surface area contributed by atoms with Crippen molar-refractivity contribution in [1.29, 1.82) is 0 Å². The number of hydrogen-bond donors (Lipinski definition) is 0. The van der Waals surface area contributed by atoms with Crippen LogP contribution in [0.15, 0.2) is 42.0 Å². The van der Waals surface area contributed by atoms with E-state index in [1.165, 1.54) is 36.4 Å². The van der Waals surface area contributed by atoms with Gasteiger partial charge in [0, 0.05) is 15.6 Å². The Labute approximate surface area is 187 Å². The Bertz CT molecular complexity index is 1010. The first-order chi connectivity index (χ1) is 13.6. The molecule has 0 aliphatic heterocycles. The second-order valence-electron chi connectivity index (χ2n) is 5.62. The number of ketones is 1. The van der Waals surface area contributed by atoms with Crippen molar-refractivity contribution >= 4 is 69.9 Å². The highest BCUT2D eigenvalue weighted by Gasteiger charge is 2.28. The van der Waals surface area contributed by atoms with Crippen molar-refractivity contribution in [2.45, 2.75) is 13.8 Å². The molecule has 0 fully saturated rings. The quantitative estimate of drug-likeness (QED) is 0.168. The van der Waals surface area contributed by atoms with Crippen LogP contribution in [0.25, 0.3) is 5.76 Å². The summed E-state index contributed by atoms with van der Waals surface area (Å²) in [4.78, 5) is 37.4. The van der Waals surface area contributed by atoms with Crippen molar-refractivity contribution < 1.29 is 23.9 Å². The first kappa shape index (κ1) is 23.2. The molecule has 0 saturated heterocycles. The van der Waals surface area contributed by atoms with Gasteiger partial charge in [0.1, 0.15) is 5.57 Å². The largest absolute Gasteiger partial charge is 0.462 e. The summed E-state index contributed by atoms with van der Waals surface area (Å²) < 4.78 is 10.4. The highest BCUT2D eigenvalue weighted by molar-refractivity contribution is 6.37. The minimum absolute atomic E-state index is 0.00814. The molecule has 0 spiro atoms. The number of carbonyl (C=O) groups excluding carboxylic acids is 3. The van der Waals surface area contributed by atoms with Crippen LogP contribution >= 0.6 is 46.4 Å². The zero-order chi connectivity index (χ0) is 21.7. The third kappa shape index (κ3) is 5.73. The topological polar surface area (TPSA) is 69.7 Å². The standard InChI is InChI=1S/C20H14Cl4O5/c1-3-28-20(27)17(10(2)25)18(13-6-4-11(21)8-15(13)23)29-19(26)14-7-5-12(22)9-16(14)24/h4-9H,3H2,1-2H3. The normalized spacial score (nSPS) is 11.5. The summed E-state index contributed by atoms with van der Waals surface area (Å²) in [6, 6.07) is 8.42. The van der Waals surface area contributed by atoms with E-state index in [-0.39, 0.29) is 33.5 Å². The molecule has 0 heterocycles. The monoisotopic (exact) mass is 474 g/mol. The molecule has 9 heteroatoms. The lowest BCUT2D eigenvalue weighted by Crippen LogP contribution is -2.19. The van der Waals surface area contributed by atoms with Crippen LogP contribution in [-0.4, -0.2) is 24.3 Å². The Kier molecular flexibility index (Phi) is 8.11. The van der Waals surface area contributed by atoms with Gasteiger partial charge in [-0.3, -0.25) is 4.79 Å². The fourth-order valence-corrected chi connectivity index (χ4v) is 3.30. The van der Waals surface area contributed by atoms with E-state index in [1.54, 1.807) is 6.92 Å². The SMILES string of the molecule is CCOC(=O)C(C(C)=O)=C(OC(=O)c1ccc(Cl)cc1Cl)c1ccc(Cl)cc1Cl. The van der Waals surface area contributed by atoms with Gasteiger partial charge >= 0.3 is 11.9 Å². The number of esters is 2. The Morgan fingerprint density at radius 2 is 1.38 bits per heavy atom. The second-order valence-corrected chi connectivity index (χ2v) is 7.31. The Morgan fingerprint density at radius 3 is 1.83 bits per heavy atom. The molecule has 29 heavy (non-hydrogen) atoms. The molecule has 2 rings (SSSR count). The molecule has 0 amide bonds. The van der Waals surface area contributed by atoms with Crippen molar-refractivity contribution in [2.24, 2.45) is 0 Å². The van der Waals surface area contributed by atoms with Crippen LogP contribution < -0.4 is 0 Å². The number of rotatable bonds is 6. The number of benzene rings is 2. The first-order valence-electron chi connectivity index (χ1n) is 8.20. The van der Waals surface area contributed by atoms with Gasteiger partial charge in [0.05, 0.1) is 22.2 Å². The zero-order valence-electron chi connectivity index (χ0n) is 15.2. The molecule has 0 saturated carbocycles. The van der Waals surface area contributed by atoms with E-state index in [2.05, 4.69) is 0 Å². The zero-order valence-corrected chi connectivity index (χ0v) is 18.2. The van der Waals surface area contributed by atoms with Gasteiger partial charge in [0.25, 0.3) is 0 Å². The number of halogens is 4. The van der Waals surface area contributed by atoms with Crippen molar-refractivity contribution in [3.8, 4) is 0 Å². The molecule has 0 radical (unpaired) electrons. The molecule has 2 aromatic rings. The van der Waals surface area contributed by atoms with Crippen LogP contribution in [0.3, 0.4) is 0 Å². The molecule has 0 unspecified atom stereocenters. The van der Waals surface area contributed by atoms with Gasteiger partial charge in [0.15, 0.2) is 11.5 Å². The van der Waals surface area contributed by atoms with E-state index in [0.717, 1.165) is 6.92 Å². The first-order valence-corrected chi connectivity index (χ1v) is 9.71. The maximum Gasteiger partial charge on any atom is 0.345 e. The molecule has 0 N–H and O–H groups in total. The van der Waals surface area contributed by atoms with E-state index in [1.807, 2.05) is 0 Å². The van der Waals surface area contributed by atoms with Crippen molar-refractivity contribution in [3.05, 3.63) is 73.2 Å². The van der Waals surface area contributed by atoms with Crippen LogP contribution in [0.5, 0.6) is 0 Å². The minimum Gasteiger partial charge on any atom is -0.462 e. The lowest BCUT2D eigenvalue weighted by Gasteiger charge is -2.15. The maximum atomic E-state index is 12.7. The molecule has 0 aromatic heterocycles. The van der Waals surface area contributed by atoms with Crippen molar-refractivity contribution in [2.75, 3.05) is 6.61 Å². The van der Waals surface area contributed by atoms with Crippen LogP contribution in [0.4, 0.5) is 0 Å². The third-order valence-corrected chi connectivity index (χ3v) is 4.68. The Morgan fingerprint density at radius 1 is 0.862 bits per heavy atom. The van der Waals surface area contributed by atoms with Crippen LogP contribution in [0.2, 0.25) is 20.1 Å². The van der Waals surface area contributed by atoms with E-state index < -0.39 is 23.3 Å². The van der Waals surface area contributed by atoms with E-state index in [9.17, 15) is 14.4 Å². The molecule has 5 nitrogen and oxygen atoms in total. The predicted molar refractivity (Wildman–Crippen MR) is 113 cm³/mol. The van der Waals surface area contributed by atoms with Crippen LogP contribution in [-0.2, 0) is 19.1 Å². The van der Waals surface area contributed by atoms with E-state index in [0.29, 0.717) is 10.0 Å². The number of carbonyl (C=O) groups is 3. The summed E-state index contributed by atoms with van der Waals surface area (Å²) in [5, 5.41) is 0.722. The van der Waals surface area contributed by atoms with E-state index >= 15 is 0 Å². The molecule has 0 bridgehead atoms. The van der Waals surface area contributed by atoms with Gasteiger partial charge < -0.3 is 9.47 Å². The predicted octanol–water partition coefficient (Wildman–Crippen LogP) is 6.02. The summed E-state index contributed by atoms with van der Waals surface area (Å²) in [6.45, 7) is 2.72. The number of ether oxygens (including phenoxy) is 2. The van der Waals surface area contributed by atoms with Crippen molar-refractivity contribution in [3.63, 3.8) is 0 Å². The highest BCUT2D eigenvalue weighted by atomic mass is 35.5. The molecular weight excluding hydrogens is 462 g/mol. The fraction of sp³-hybridized carbons (Fsp3) is 0.150. The third-order valence-electron chi connectivity index (χ3n) is 3.58. The van der Waals surface area contributed by atoms with Gasteiger partial charge in [-0.05, 0) is 50.2 Å². The highest BCUT2D eigenvalue weighted by Crippen LogP contribution is 2.32. The fourth-order valence-electron chi connectivity index (χ4n) is 2.32. The lowest BCUT2D eigenvalue weighted by atomic mass is 10.0. The van der Waals surface area contributed by atoms with Gasteiger partial charge in [-0.1, -0.05) is 46.4 Å². The van der Waals surface area contributed by atoms with E-state index in [4.69, 9.17) is 55.9 Å². The number of hydrogen-bond acceptors (Lipinski definition) is 5. The average Bonchev–Trinajstić information content (AvgIpc) is 2.61. The lowest BCUT2D eigenvalue weighted by molar-refractivity contribution is -0.139. The van der Waals surface area contributed by atoms with Gasteiger partial charge in [-0.2, -0.15) is 0 Å². The van der Waals surface area contributed by atoms with Gasteiger partial charge in [-0.15, -0.1) is 0 Å². The summed E-state index contributed by atoms with van der Waals surface area (Å²) in [5.74, 6) is -2.93. The molecule has 2 aromatic carbocycles. The molecule has 0 atom stereocenters. The summed E-state index contributed by atoms with van der Waals surface area (Å²) in [6.07, 6.45) is 0. The van der Waals surface area contributed by atoms with Crippen molar-refractivity contribution in [1.82, 2.24) is 0 Å². The average molecular weight is 476 g/mol. The molecule has 152 valence electrons. The summed E-state index contributed by atoms with van der Waals surface area (Å²) in [7, 11) is 0. The summed E-state index contributed by atoms with van der Waals surface area (Å²) in [5.41, 5.74) is -0.396. The smallest absolute Gasteiger partial charge is 0.345 e. The number of Topliss-reactive ketones (excluding diaryl/α,β-unsaturated/α-hetero) is 1. The second kappa shape index (κ2) is 10.1. The Hall–Kier alpha value is -2.05. The van der Waals surface area contributed by atoms with Gasteiger partial charge in [0.2, 0.25) is 0 Å².